The monoisotopic (exact) mass is 524 g/mol. The molecule has 0 aliphatic heterocycles. The molecule has 38 heavy (non-hydrogen) atoms. The summed E-state index contributed by atoms with van der Waals surface area (Å²) in [5.74, 6) is -6.61. The number of allylic oxidation sites excluding steroid dienone is 2. The molecule has 10 nitrogen and oxygen atoms in total. The highest BCUT2D eigenvalue weighted by atomic mass is 16.5. The van der Waals surface area contributed by atoms with E-state index in [1.54, 1.807) is 48.5 Å². The van der Waals surface area contributed by atoms with Gasteiger partial charge in [-0.05, 0) is 35.4 Å². The molecular formula is C28H28O10. The van der Waals surface area contributed by atoms with E-state index in [1.165, 1.54) is 14.2 Å². The van der Waals surface area contributed by atoms with Crippen LogP contribution in [0.3, 0.4) is 0 Å². The van der Waals surface area contributed by atoms with Crippen LogP contribution in [0.25, 0.3) is 0 Å². The van der Waals surface area contributed by atoms with Crippen LogP contribution in [0.2, 0.25) is 0 Å². The van der Waals surface area contributed by atoms with Gasteiger partial charge >= 0.3 is 11.9 Å². The smallest absolute Gasteiger partial charge is 0.306 e. The Labute approximate surface area is 219 Å². The molecule has 2 atom stereocenters. The summed E-state index contributed by atoms with van der Waals surface area (Å²) in [5.41, 5.74) is -0.121. The average Bonchev–Trinajstić information content (AvgIpc) is 2.95. The number of rotatable bonds is 10. The molecule has 0 unspecified atom stereocenters. The number of methoxy groups -OCH3 is 4. The van der Waals surface area contributed by atoms with Crippen molar-refractivity contribution in [3.8, 4) is 11.5 Å². The number of carbonyl (C=O) groups excluding carboxylic acids is 4. The lowest BCUT2D eigenvalue weighted by atomic mass is 9.76. The van der Waals surface area contributed by atoms with Gasteiger partial charge in [0.2, 0.25) is 11.6 Å². The largest absolute Gasteiger partial charge is 0.504 e. The van der Waals surface area contributed by atoms with Crippen molar-refractivity contribution >= 4 is 23.5 Å². The summed E-state index contributed by atoms with van der Waals surface area (Å²) in [6.07, 6.45) is -0.790. The third kappa shape index (κ3) is 5.69. The molecule has 0 aromatic heterocycles. The fourth-order valence-electron chi connectivity index (χ4n) is 4.31. The Hall–Kier alpha value is -4.60. The van der Waals surface area contributed by atoms with Crippen LogP contribution >= 0.6 is 0 Å². The molecule has 0 bridgehead atoms. The lowest BCUT2D eigenvalue weighted by Gasteiger charge is -2.27. The molecule has 3 rings (SSSR count). The highest BCUT2D eigenvalue weighted by Gasteiger charge is 2.43. The molecule has 0 amide bonds. The molecule has 0 heterocycles. The third-order valence-corrected chi connectivity index (χ3v) is 6.36. The Bertz CT molecular complexity index is 1180. The number of carbonyl (C=O) groups is 4. The molecule has 2 N–H and O–H groups in total. The molecule has 10 heteroatoms. The first kappa shape index (κ1) is 28.0. The lowest BCUT2D eigenvalue weighted by Crippen LogP contribution is -2.31. The van der Waals surface area contributed by atoms with Crippen LogP contribution in [0, 0.1) is 0 Å². The maximum absolute atomic E-state index is 13.5. The number of benzene rings is 2. The number of ether oxygens (including phenoxy) is 4. The second-order valence-corrected chi connectivity index (χ2v) is 8.39. The van der Waals surface area contributed by atoms with E-state index >= 15 is 0 Å². The van der Waals surface area contributed by atoms with Gasteiger partial charge in [-0.1, -0.05) is 24.3 Å². The third-order valence-electron chi connectivity index (χ3n) is 6.36. The summed E-state index contributed by atoms with van der Waals surface area (Å²) in [4.78, 5) is 51.4. The maximum atomic E-state index is 13.5. The van der Waals surface area contributed by atoms with Crippen LogP contribution in [0.1, 0.15) is 35.8 Å². The van der Waals surface area contributed by atoms with Crippen LogP contribution in [0.4, 0.5) is 0 Å². The van der Waals surface area contributed by atoms with Crippen LogP contribution in [0.5, 0.6) is 11.5 Å². The first-order valence-electron chi connectivity index (χ1n) is 11.5. The van der Waals surface area contributed by atoms with E-state index in [1.807, 2.05) is 0 Å². The summed E-state index contributed by atoms with van der Waals surface area (Å²) in [5, 5.41) is 22.1. The summed E-state index contributed by atoms with van der Waals surface area (Å²) in [7, 11) is 5.27. The van der Waals surface area contributed by atoms with Gasteiger partial charge in [0.25, 0.3) is 0 Å². The molecule has 1 aliphatic rings. The second kappa shape index (κ2) is 12.1. The molecule has 0 fully saturated rings. The zero-order valence-corrected chi connectivity index (χ0v) is 21.3. The SMILES string of the molecule is COC(=O)C[C@H](C1=C(O)C(=O)C([C@H](CC(=O)OC)c2ccc(OC)cc2)=C(O)C1=O)c1ccc(OC)cc1. The molecule has 0 saturated heterocycles. The number of aliphatic hydroxyl groups excluding tert-OH is 2. The van der Waals surface area contributed by atoms with Crippen molar-refractivity contribution in [1.29, 1.82) is 0 Å². The molecule has 0 radical (unpaired) electrons. The fraction of sp³-hybridized carbons (Fsp3) is 0.286. The normalized spacial score (nSPS) is 15.2. The van der Waals surface area contributed by atoms with Crippen LogP contribution < -0.4 is 9.47 Å². The Balaban J connectivity index is 2.13. The number of Topliss-reactive ketones (excluding diaryl/α,β-unsaturated/α-hetero) is 2. The van der Waals surface area contributed by atoms with Crippen molar-refractivity contribution in [3.63, 3.8) is 0 Å². The standard InChI is InChI=1S/C28H28O10/c1-35-17-9-5-15(6-10-17)19(13-21(29)37-3)23-25(31)27(33)24(28(34)26(23)32)20(14-22(30)38-4)16-7-11-18(36-2)12-8-16/h5-12,19-20,31,34H,13-14H2,1-4H3/t19-,20+. The molecular weight excluding hydrogens is 496 g/mol. The van der Waals surface area contributed by atoms with Gasteiger partial charge < -0.3 is 29.2 Å². The van der Waals surface area contributed by atoms with Crippen molar-refractivity contribution in [3.05, 3.63) is 82.3 Å². The van der Waals surface area contributed by atoms with Crippen molar-refractivity contribution < 1.29 is 48.3 Å². The minimum atomic E-state index is -1.12. The average molecular weight is 525 g/mol. The Kier molecular flexibility index (Phi) is 8.90. The van der Waals surface area contributed by atoms with E-state index in [4.69, 9.17) is 18.9 Å². The van der Waals surface area contributed by atoms with Crippen LogP contribution in [-0.2, 0) is 28.7 Å². The summed E-state index contributed by atoms with van der Waals surface area (Å²) >= 11 is 0. The van der Waals surface area contributed by atoms with E-state index < -0.39 is 70.8 Å². The van der Waals surface area contributed by atoms with Gasteiger partial charge in [0.15, 0.2) is 11.5 Å². The number of esters is 2. The highest BCUT2D eigenvalue weighted by Crippen LogP contribution is 2.41. The quantitative estimate of drug-likeness (QED) is 0.350. The minimum Gasteiger partial charge on any atom is -0.504 e. The number of hydrogen-bond donors (Lipinski definition) is 2. The van der Waals surface area contributed by atoms with Gasteiger partial charge in [0.05, 0.1) is 52.4 Å². The van der Waals surface area contributed by atoms with Gasteiger partial charge in [0, 0.05) is 11.8 Å². The van der Waals surface area contributed by atoms with E-state index in [0.717, 1.165) is 14.2 Å². The summed E-state index contributed by atoms with van der Waals surface area (Å²) in [6.45, 7) is 0. The molecule has 2 aromatic rings. The van der Waals surface area contributed by atoms with E-state index in [2.05, 4.69) is 0 Å². The van der Waals surface area contributed by atoms with Crippen molar-refractivity contribution in [1.82, 2.24) is 0 Å². The van der Waals surface area contributed by atoms with Crippen molar-refractivity contribution in [2.45, 2.75) is 24.7 Å². The fourth-order valence-corrected chi connectivity index (χ4v) is 4.31. The van der Waals surface area contributed by atoms with Crippen molar-refractivity contribution in [2.75, 3.05) is 28.4 Å². The predicted molar refractivity (Wildman–Crippen MR) is 134 cm³/mol. The van der Waals surface area contributed by atoms with Gasteiger partial charge in [0.1, 0.15) is 11.5 Å². The van der Waals surface area contributed by atoms with Gasteiger partial charge in [-0.3, -0.25) is 19.2 Å². The molecule has 1 aliphatic carbocycles. The van der Waals surface area contributed by atoms with E-state index in [0.29, 0.717) is 22.6 Å². The van der Waals surface area contributed by atoms with Crippen molar-refractivity contribution in [2.24, 2.45) is 0 Å². The highest BCUT2D eigenvalue weighted by molar-refractivity contribution is 6.24. The zero-order chi connectivity index (χ0) is 28.0. The van der Waals surface area contributed by atoms with Crippen LogP contribution in [0.15, 0.2) is 71.2 Å². The van der Waals surface area contributed by atoms with Gasteiger partial charge in [-0.25, -0.2) is 0 Å². The second-order valence-electron chi connectivity index (χ2n) is 8.39. The summed E-state index contributed by atoms with van der Waals surface area (Å²) in [6, 6.07) is 12.6. The molecule has 200 valence electrons. The zero-order valence-electron chi connectivity index (χ0n) is 21.3. The van der Waals surface area contributed by atoms with E-state index in [-0.39, 0.29) is 0 Å². The number of hydrogen-bond acceptors (Lipinski definition) is 10. The molecule has 0 saturated carbocycles. The topological polar surface area (TPSA) is 146 Å². The minimum absolute atomic E-state index is 0.395. The van der Waals surface area contributed by atoms with Gasteiger partial charge in [-0.2, -0.15) is 0 Å². The lowest BCUT2D eigenvalue weighted by molar-refractivity contribution is -0.142. The first-order chi connectivity index (χ1) is 18.2. The Morgan fingerprint density at radius 1 is 0.632 bits per heavy atom. The summed E-state index contributed by atoms with van der Waals surface area (Å²) < 4.78 is 19.8. The van der Waals surface area contributed by atoms with E-state index in [9.17, 15) is 29.4 Å². The van der Waals surface area contributed by atoms with Crippen LogP contribution in [-0.4, -0.2) is 62.2 Å². The Morgan fingerprint density at radius 3 is 1.21 bits per heavy atom. The number of aliphatic hydroxyl groups is 2. The molecule has 2 aromatic carbocycles. The predicted octanol–water partition coefficient (Wildman–Crippen LogP) is 3.47. The first-order valence-corrected chi connectivity index (χ1v) is 11.5. The maximum Gasteiger partial charge on any atom is 0.306 e. The Morgan fingerprint density at radius 2 is 0.947 bits per heavy atom. The van der Waals surface area contributed by atoms with Gasteiger partial charge in [-0.15, -0.1) is 0 Å². The molecule has 0 spiro atoms. The number of ketones is 2.